The van der Waals surface area contributed by atoms with Crippen LogP contribution in [0.25, 0.3) is 0 Å². The number of hydrogen-bond acceptors (Lipinski definition) is 5. The van der Waals surface area contributed by atoms with Gasteiger partial charge in [0, 0.05) is 13.1 Å². The molecule has 1 aromatic heterocycles. The fourth-order valence-electron chi connectivity index (χ4n) is 2.97. The Bertz CT molecular complexity index is 621. The van der Waals surface area contributed by atoms with E-state index in [0.717, 1.165) is 0 Å². The molecular weight excluding hydrogens is 304 g/mol. The maximum Gasteiger partial charge on any atom is 0.259 e. The Morgan fingerprint density at radius 1 is 1.32 bits per heavy atom. The van der Waals surface area contributed by atoms with Crippen molar-refractivity contribution in [3.8, 4) is 0 Å². The molecule has 1 aliphatic heterocycles. The summed E-state index contributed by atoms with van der Waals surface area (Å²) < 4.78 is 29.6. The van der Waals surface area contributed by atoms with E-state index >= 15 is 0 Å². The van der Waals surface area contributed by atoms with E-state index in [4.69, 9.17) is 4.52 Å². The Labute approximate surface area is 131 Å². The minimum Gasteiger partial charge on any atom is -0.361 e. The van der Waals surface area contributed by atoms with Gasteiger partial charge in [0.1, 0.15) is 11.3 Å². The number of amides is 1. The number of carbonyl (C=O) groups excluding carboxylic acids is 1. The molecule has 0 aromatic carbocycles. The summed E-state index contributed by atoms with van der Waals surface area (Å²) in [6.45, 7) is 8.20. The average Bonchev–Trinajstić information content (AvgIpc) is 2.76. The van der Waals surface area contributed by atoms with Gasteiger partial charge in [0.25, 0.3) is 5.91 Å². The van der Waals surface area contributed by atoms with Gasteiger partial charge in [-0.1, -0.05) is 19.0 Å². The zero-order chi connectivity index (χ0) is 16.5. The fraction of sp³-hybridized carbons (Fsp3) is 0.733. The molecule has 1 aromatic rings. The van der Waals surface area contributed by atoms with Crippen molar-refractivity contribution in [1.29, 1.82) is 0 Å². The highest BCUT2D eigenvalue weighted by Gasteiger charge is 2.33. The molecule has 1 aliphatic rings. The Morgan fingerprint density at radius 2 is 1.91 bits per heavy atom. The van der Waals surface area contributed by atoms with Gasteiger partial charge in [0.15, 0.2) is 9.84 Å². The number of sulfone groups is 1. The number of likely N-dealkylation sites (tertiary alicyclic amines) is 1. The van der Waals surface area contributed by atoms with Gasteiger partial charge in [-0.3, -0.25) is 4.79 Å². The van der Waals surface area contributed by atoms with E-state index in [0.29, 0.717) is 42.9 Å². The van der Waals surface area contributed by atoms with Crippen LogP contribution in [-0.2, 0) is 9.84 Å². The van der Waals surface area contributed by atoms with Gasteiger partial charge in [-0.25, -0.2) is 8.42 Å². The van der Waals surface area contributed by atoms with Gasteiger partial charge in [-0.15, -0.1) is 0 Å². The maximum atomic E-state index is 12.5. The third-order valence-electron chi connectivity index (χ3n) is 4.05. The van der Waals surface area contributed by atoms with Crippen LogP contribution in [-0.4, -0.2) is 48.5 Å². The molecule has 2 heterocycles. The van der Waals surface area contributed by atoms with Crippen LogP contribution in [0.3, 0.4) is 0 Å². The van der Waals surface area contributed by atoms with E-state index in [9.17, 15) is 13.2 Å². The molecule has 0 saturated carbocycles. The second kappa shape index (κ2) is 6.40. The molecule has 0 aliphatic carbocycles. The summed E-state index contributed by atoms with van der Waals surface area (Å²) >= 11 is 0. The number of aromatic nitrogens is 1. The molecule has 2 rings (SSSR count). The normalized spacial score (nSPS) is 17.2. The van der Waals surface area contributed by atoms with Gasteiger partial charge in [-0.2, -0.15) is 0 Å². The van der Waals surface area contributed by atoms with E-state index in [1.807, 2.05) is 13.8 Å². The lowest BCUT2D eigenvalue weighted by atomic mass is 10.1. The molecule has 1 saturated heterocycles. The second-order valence-electron chi connectivity index (χ2n) is 6.41. The number of nitrogens with zero attached hydrogens (tertiary/aromatic N) is 2. The van der Waals surface area contributed by atoms with Crippen molar-refractivity contribution >= 4 is 15.7 Å². The molecule has 0 N–H and O–H groups in total. The molecule has 124 valence electrons. The topological polar surface area (TPSA) is 80.5 Å². The number of carbonyl (C=O) groups is 1. The molecular formula is C15H24N2O4S. The van der Waals surface area contributed by atoms with Crippen LogP contribution < -0.4 is 0 Å². The minimum absolute atomic E-state index is 0.115. The largest absolute Gasteiger partial charge is 0.361 e. The van der Waals surface area contributed by atoms with Crippen LogP contribution in [0.15, 0.2) is 4.52 Å². The van der Waals surface area contributed by atoms with Crippen LogP contribution >= 0.6 is 0 Å². The monoisotopic (exact) mass is 328 g/mol. The Balaban J connectivity index is 2.02. The third kappa shape index (κ3) is 3.51. The summed E-state index contributed by atoms with van der Waals surface area (Å²) in [6.07, 6.45) is 1.01. The summed E-state index contributed by atoms with van der Waals surface area (Å²) in [5, 5.41) is 3.47. The number of aryl methyl sites for hydroxylation is 2. The molecule has 7 heteroatoms. The van der Waals surface area contributed by atoms with Crippen molar-refractivity contribution in [3.05, 3.63) is 17.0 Å². The smallest absolute Gasteiger partial charge is 0.259 e. The summed E-state index contributed by atoms with van der Waals surface area (Å²) in [5.74, 6) is 0.745. The van der Waals surface area contributed by atoms with Crippen LogP contribution in [0.4, 0.5) is 0 Å². The molecule has 0 radical (unpaired) electrons. The average molecular weight is 328 g/mol. The molecule has 0 bridgehead atoms. The predicted molar refractivity (Wildman–Crippen MR) is 83.5 cm³/mol. The number of rotatable bonds is 4. The van der Waals surface area contributed by atoms with Crippen molar-refractivity contribution in [2.24, 2.45) is 5.92 Å². The predicted octanol–water partition coefficient (Wildman–Crippen LogP) is 1.97. The van der Waals surface area contributed by atoms with E-state index in [1.165, 1.54) is 0 Å². The molecule has 6 nitrogen and oxygen atoms in total. The zero-order valence-corrected chi connectivity index (χ0v) is 14.4. The van der Waals surface area contributed by atoms with Crippen LogP contribution in [0.5, 0.6) is 0 Å². The first-order valence-electron chi connectivity index (χ1n) is 7.66. The van der Waals surface area contributed by atoms with E-state index in [-0.39, 0.29) is 22.8 Å². The van der Waals surface area contributed by atoms with Crippen molar-refractivity contribution in [1.82, 2.24) is 10.1 Å². The fourth-order valence-corrected chi connectivity index (χ4v) is 5.10. The SMILES string of the molecule is Cc1noc(C)c1C(=O)N1CCC(S(=O)(=O)CC(C)C)CC1. The molecule has 0 unspecified atom stereocenters. The van der Waals surface area contributed by atoms with E-state index in [1.54, 1.807) is 18.7 Å². The highest BCUT2D eigenvalue weighted by molar-refractivity contribution is 7.92. The quantitative estimate of drug-likeness (QED) is 0.844. The van der Waals surface area contributed by atoms with Crippen LogP contribution in [0.1, 0.15) is 48.5 Å². The summed E-state index contributed by atoms with van der Waals surface area (Å²) in [7, 11) is -3.07. The summed E-state index contributed by atoms with van der Waals surface area (Å²) in [5.41, 5.74) is 1.08. The molecule has 0 spiro atoms. The first-order chi connectivity index (χ1) is 10.2. The van der Waals surface area contributed by atoms with Gasteiger partial charge < -0.3 is 9.42 Å². The van der Waals surface area contributed by atoms with Gasteiger partial charge in [0.05, 0.1) is 16.7 Å². The van der Waals surface area contributed by atoms with Crippen molar-refractivity contribution in [3.63, 3.8) is 0 Å². The Kier molecular flexibility index (Phi) is 4.94. The lowest BCUT2D eigenvalue weighted by Crippen LogP contribution is -2.43. The molecule has 22 heavy (non-hydrogen) atoms. The van der Waals surface area contributed by atoms with Crippen molar-refractivity contribution < 1.29 is 17.7 Å². The Morgan fingerprint density at radius 3 is 2.36 bits per heavy atom. The zero-order valence-electron chi connectivity index (χ0n) is 13.6. The van der Waals surface area contributed by atoms with Gasteiger partial charge >= 0.3 is 0 Å². The highest BCUT2D eigenvalue weighted by atomic mass is 32.2. The number of hydrogen-bond donors (Lipinski definition) is 0. The van der Waals surface area contributed by atoms with E-state index < -0.39 is 9.84 Å². The van der Waals surface area contributed by atoms with Gasteiger partial charge in [0.2, 0.25) is 0 Å². The van der Waals surface area contributed by atoms with Crippen molar-refractivity contribution in [2.75, 3.05) is 18.8 Å². The first kappa shape index (κ1) is 17.0. The van der Waals surface area contributed by atoms with Gasteiger partial charge in [-0.05, 0) is 32.6 Å². The molecule has 1 fully saturated rings. The second-order valence-corrected chi connectivity index (χ2v) is 8.74. The number of piperidine rings is 1. The minimum atomic E-state index is -3.07. The first-order valence-corrected chi connectivity index (χ1v) is 9.37. The molecule has 1 amide bonds. The lowest BCUT2D eigenvalue weighted by Gasteiger charge is -2.32. The van der Waals surface area contributed by atoms with E-state index in [2.05, 4.69) is 5.16 Å². The maximum absolute atomic E-state index is 12.5. The molecule has 0 atom stereocenters. The third-order valence-corrected chi connectivity index (χ3v) is 6.67. The summed E-state index contributed by atoms with van der Waals surface area (Å²) in [4.78, 5) is 14.2. The highest BCUT2D eigenvalue weighted by Crippen LogP contribution is 2.23. The lowest BCUT2D eigenvalue weighted by molar-refractivity contribution is 0.0723. The summed E-state index contributed by atoms with van der Waals surface area (Å²) in [6, 6.07) is 0. The van der Waals surface area contributed by atoms with Crippen LogP contribution in [0.2, 0.25) is 0 Å². The van der Waals surface area contributed by atoms with Crippen molar-refractivity contribution in [2.45, 2.75) is 45.8 Å². The van der Waals surface area contributed by atoms with Crippen LogP contribution in [0, 0.1) is 19.8 Å². The standard InChI is InChI=1S/C15H24N2O4S/c1-10(2)9-22(19,20)13-5-7-17(8-6-13)15(18)14-11(3)16-21-12(14)4/h10,13H,5-9H2,1-4H3. The Hall–Kier alpha value is -1.37.